The van der Waals surface area contributed by atoms with Crippen LogP contribution >= 0.6 is 0 Å². The Morgan fingerprint density at radius 2 is 1.90 bits per heavy atom. The van der Waals surface area contributed by atoms with Crippen molar-refractivity contribution in [3.63, 3.8) is 0 Å². The highest BCUT2D eigenvalue weighted by Gasteiger charge is 2.36. The van der Waals surface area contributed by atoms with E-state index in [1.807, 2.05) is 32.7 Å². The number of hydrogen-bond acceptors (Lipinski definition) is 5. The van der Waals surface area contributed by atoms with Crippen molar-refractivity contribution in [3.8, 4) is 0 Å². The molecule has 0 aliphatic rings. The van der Waals surface area contributed by atoms with Gasteiger partial charge >= 0.3 is 5.97 Å². The molecule has 0 bridgehead atoms. The van der Waals surface area contributed by atoms with Gasteiger partial charge in [0, 0.05) is 18.8 Å². The van der Waals surface area contributed by atoms with Gasteiger partial charge in [-0.05, 0) is 46.7 Å². The molecular formula is C14H30N2O4S. The van der Waals surface area contributed by atoms with Gasteiger partial charge in [0.2, 0.25) is 0 Å². The third-order valence-corrected chi connectivity index (χ3v) is 4.49. The SMILES string of the molecule is CCC(CCCN(C)CCS(C)(=O)=O)(NC(C)C)C(=O)O. The first-order valence-corrected chi connectivity index (χ1v) is 9.46. The first-order valence-electron chi connectivity index (χ1n) is 7.40. The number of sulfone groups is 1. The number of nitrogens with one attached hydrogen (secondary N) is 1. The fourth-order valence-corrected chi connectivity index (χ4v) is 2.95. The number of aliphatic carboxylic acids is 1. The van der Waals surface area contributed by atoms with Gasteiger partial charge in [-0.15, -0.1) is 0 Å². The van der Waals surface area contributed by atoms with E-state index in [9.17, 15) is 18.3 Å². The summed E-state index contributed by atoms with van der Waals surface area (Å²) < 4.78 is 22.2. The first-order chi connectivity index (χ1) is 9.52. The zero-order valence-electron chi connectivity index (χ0n) is 13.8. The molecule has 0 amide bonds. The Hall–Kier alpha value is -0.660. The van der Waals surface area contributed by atoms with Gasteiger partial charge in [-0.25, -0.2) is 8.42 Å². The van der Waals surface area contributed by atoms with Crippen molar-refractivity contribution in [2.45, 2.75) is 51.6 Å². The standard InChI is InChI=1S/C14H30N2O4S/c1-6-14(13(17)18,15-12(2)3)8-7-9-16(4)10-11-21(5,19)20/h12,15H,6-11H2,1-5H3,(H,17,18). The molecule has 0 aromatic heterocycles. The number of nitrogens with zero attached hydrogens (tertiary/aromatic N) is 1. The summed E-state index contributed by atoms with van der Waals surface area (Å²) in [6, 6.07) is 0.101. The number of carboxylic acid groups (broad SMARTS) is 1. The van der Waals surface area contributed by atoms with Crippen molar-refractivity contribution in [1.29, 1.82) is 0 Å². The number of hydrogen-bond donors (Lipinski definition) is 2. The van der Waals surface area contributed by atoms with Crippen molar-refractivity contribution < 1.29 is 18.3 Å². The van der Waals surface area contributed by atoms with Crippen LogP contribution in [0.4, 0.5) is 0 Å². The van der Waals surface area contributed by atoms with Crippen molar-refractivity contribution in [2.24, 2.45) is 0 Å². The van der Waals surface area contributed by atoms with Crippen LogP contribution in [0.3, 0.4) is 0 Å². The molecule has 2 N–H and O–H groups in total. The molecule has 0 saturated carbocycles. The van der Waals surface area contributed by atoms with Gasteiger partial charge < -0.3 is 10.0 Å². The Kier molecular flexibility index (Phi) is 8.43. The van der Waals surface area contributed by atoms with Gasteiger partial charge in [-0.1, -0.05) is 6.92 Å². The molecule has 126 valence electrons. The number of carboxylic acids is 1. The molecule has 21 heavy (non-hydrogen) atoms. The molecule has 0 spiro atoms. The van der Waals surface area contributed by atoms with Crippen LogP contribution < -0.4 is 5.32 Å². The van der Waals surface area contributed by atoms with Crippen LogP contribution in [0.15, 0.2) is 0 Å². The quantitative estimate of drug-likeness (QED) is 0.589. The molecule has 0 fully saturated rings. The monoisotopic (exact) mass is 322 g/mol. The fraction of sp³-hybridized carbons (Fsp3) is 0.929. The fourth-order valence-electron chi connectivity index (χ4n) is 2.31. The first kappa shape index (κ1) is 20.3. The van der Waals surface area contributed by atoms with Gasteiger partial charge in [-0.2, -0.15) is 0 Å². The van der Waals surface area contributed by atoms with E-state index in [0.717, 1.165) is 0 Å². The van der Waals surface area contributed by atoms with Crippen molar-refractivity contribution in [1.82, 2.24) is 10.2 Å². The molecule has 0 rings (SSSR count). The second-order valence-electron chi connectivity index (χ2n) is 6.08. The lowest BCUT2D eigenvalue weighted by atomic mass is 9.89. The zero-order chi connectivity index (χ0) is 16.7. The Morgan fingerprint density at radius 1 is 1.33 bits per heavy atom. The van der Waals surface area contributed by atoms with Crippen molar-refractivity contribution in [2.75, 3.05) is 32.1 Å². The summed E-state index contributed by atoms with van der Waals surface area (Å²) in [5.74, 6) is -0.691. The summed E-state index contributed by atoms with van der Waals surface area (Å²) >= 11 is 0. The predicted molar refractivity (Wildman–Crippen MR) is 85.4 cm³/mol. The van der Waals surface area contributed by atoms with Gasteiger partial charge in [0.25, 0.3) is 0 Å². The normalized spacial score (nSPS) is 15.4. The van der Waals surface area contributed by atoms with Crippen LogP contribution in [-0.4, -0.2) is 68.1 Å². The minimum atomic E-state index is -2.95. The lowest BCUT2D eigenvalue weighted by Crippen LogP contribution is -2.54. The average Bonchev–Trinajstić information content (AvgIpc) is 2.33. The van der Waals surface area contributed by atoms with Gasteiger partial charge in [0.05, 0.1) is 5.75 Å². The van der Waals surface area contributed by atoms with Crippen molar-refractivity contribution in [3.05, 3.63) is 0 Å². The van der Waals surface area contributed by atoms with E-state index in [4.69, 9.17) is 0 Å². The van der Waals surface area contributed by atoms with Crippen LogP contribution in [0.5, 0.6) is 0 Å². The summed E-state index contributed by atoms with van der Waals surface area (Å²) in [5, 5.41) is 12.7. The van der Waals surface area contributed by atoms with Gasteiger partial charge in [0.15, 0.2) is 0 Å². The lowest BCUT2D eigenvalue weighted by Gasteiger charge is -2.32. The third kappa shape index (κ3) is 8.38. The minimum Gasteiger partial charge on any atom is -0.480 e. The number of carbonyl (C=O) groups is 1. The Bertz CT molecular complexity index is 423. The Labute approximate surface area is 128 Å². The van der Waals surface area contributed by atoms with Crippen molar-refractivity contribution >= 4 is 15.8 Å². The molecule has 1 unspecified atom stereocenters. The summed E-state index contributed by atoms with van der Waals surface area (Å²) in [6.45, 7) is 6.90. The van der Waals surface area contributed by atoms with Crippen LogP contribution in [0.1, 0.15) is 40.0 Å². The summed E-state index contributed by atoms with van der Waals surface area (Å²) in [4.78, 5) is 13.5. The van der Waals surface area contributed by atoms with E-state index < -0.39 is 21.3 Å². The minimum absolute atomic E-state index is 0.101. The van der Waals surface area contributed by atoms with E-state index in [2.05, 4.69) is 5.32 Å². The molecule has 0 radical (unpaired) electrons. The molecule has 1 atom stereocenters. The second kappa shape index (κ2) is 8.70. The highest BCUT2D eigenvalue weighted by molar-refractivity contribution is 7.90. The maximum atomic E-state index is 11.6. The molecule has 0 heterocycles. The topological polar surface area (TPSA) is 86.7 Å². The number of rotatable bonds is 11. The largest absolute Gasteiger partial charge is 0.480 e. The predicted octanol–water partition coefficient (Wildman–Crippen LogP) is 0.974. The molecule has 0 aromatic carbocycles. The zero-order valence-corrected chi connectivity index (χ0v) is 14.7. The molecule has 6 nitrogen and oxygen atoms in total. The molecule has 7 heteroatoms. The average molecular weight is 322 g/mol. The van der Waals surface area contributed by atoms with Crippen LogP contribution in [0.2, 0.25) is 0 Å². The highest BCUT2D eigenvalue weighted by Crippen LogP contribution is 2.19. The third-order valence-electron chi connectivity index (χ3n) is 3.57. The molecule has 0 saturated heterocycles. The Morgan fingerprint density at radius 3 is 2.29 bits per heavy atom. The maximum absolute atomic E-state index is 11.6. The maximum Gasteiger partial charge on any atom is 0.323 e. The van der Waals surface area contributed by atoms with Gasteiger partial charge in [-0.3, -0.25) is 10.1 Å². The van der Waals surface area contributed by atoms with E-state index in [1.54, 1.807) is 0 Å². The van der Waals surface area contributed by atoms with E-state index in [-0.39, 0.29) is 11.8 Å². The van der Waals surface area contributed by atoms with Crippen LogP contribution in [0.25, 0.3) is 0 Å². The smallest absolute Gasteiger partial charge is 0.323 e. The molecule has 0 aliphatic heterocycles. The van der Waals surface area contributed by atoms with E-state index in [1.165, 1.54) is 6.26 Å². The highest BCUT2D eigenvalue weighted by atomic mass is 32.2. The molecular weight excluding hydrogens is 292 g/mol. The van der Waals surface area contributed by atoms with Gasteiger partial charge in [0.1, 0.15) is 15.4 Å². The van der Waals surface area contributed by atoms with E-state index >= 15 is 0 Å². The summed E-state index contributed by atoms with van der Waals surface area (Å²) in [6.07, 6.45) is 2.98. The van der Waals surface area contributed by atoms with Crippen LogP contribution in [-0.2, 0) is 14.6 Å². The van der Waals surface area contributed by atoms with E-state index in [0.29, 0.717) is 32.4 Å². The molecule has 0 aliphatic carbocycles. The lowest BCUT2D eigenvalue weighted by molar-refractivity contribution is -0.145. The molecule has 0 aromatic rings. The summed E-state index contributed by atoms with van der Waals surface area (Å²) in [5.41, 5.74) is -0.897. The second-order valence-corrected chi connectivity index (χ2v) is 8.34. The Balaban J connectivity index is 4.40. The van der Waals surface area contributed by atoms with Crippen LogP contribution in [0, 0.1) is 0 Å². The summed E-state index contributed by atoms with van der Waals surface area (Å²) in [7, 11) is -1.10.